The average molecular weight is 488 g/mol. The summed E-state index contributed by atoms with van der Waals surface area (Å²) in [6, 6.07) is 6.08. The molecule has 0 aliphatic carbocycles. The molecule has 2 unspecified atom stereocenters. The number of amides is 1. The molecule has 0 saturated carbocycles. The molecule has 2 atom stereocenters. The van der Waals surface area contributed by atoms with Gasteiger partial charge >= 0.3 is 6.09 Å². The molecule has 1 fully saturated rings. The number of carbonyl (C=O) groups excluding carboxylic acids is 2. The van der Waals surface area contributed by atoms with Crippen molar-refractivity contribution in [2.75, 3.05) is 25.2 Å². The monoisotopic (exact) mass is 487 g/mol. The first-order chi connectivity index (χ1) is 16.5. The highest BCUT2D eigenvalue weighted by Crippen LogP contribution is 2.38. The number of hydrogen-bond acceptors (Lipinski definition) is 8. The van der Waals surface area contributed by atoms with E-state index in [0.717, 1.165) is 6.42 Å². The number of hydrogen-bond donors (Lipinski definition) is 0. The van der Waals surface area contributed by atoms with Crippen LogP contribution in [0.1, 0.15) is 49.2 Å². The number of carbonyl (C=O) groups is 2. The summed E-state index contributed by atoms with van der Waals surface area (Å²) >= 11 is 6.19. The number of ketones is 1. The normalized spacial score (nSPS) is 18.0. The fourth-order valence-electron chi connectivity index (χ4n) is 4.08. The van der Waals surface area contributed by atoms with Crippen LogP contribution in [0.4, 0.5) is 10.5 Å². The maximum Gasteiger partial charge on any atom is 0.414 e. The number of pyridine rings is 2. The van der Waals surface area contributed by atoms with Gasteiger partial charge in [0.15, 0.2) is 5.58 Å². The fourth-order valence-corrected chi connectivity index (χ4v) is 4.23. The minimum absolute atomic E-state index is 0.0182. The fraction of sp³-hybridized carbons (Fsp3) is 0.417. The molecule has 1 amide bonds. The van der Waals surface area contributed by atoms with Crippen molar-refractivity contribution in [1.82, 2.24) is 9.97 Å². The van der Waals surface area contributed by atoms with Crippen molar-refractivity contribution in [3.8, 4) is 5.88 Å². The Morgan fingerprint density at radius 3 is 2.74 bits per heavy atom. The summed E-state index contributed by atoms with van der Waals surface area (Å²) < 4.78 is 22.3. The summed E-state index contributed by atoms with van der Waals surface area (Å²) in [6.07, 6.45) is 2.74. The maximum atomic E-state index is 13.6. The molecule has 3 aromatic heterocycles. The van der Waals surface area contributed by atoms with Crippen LogP contribution in [0.2, 0.25) is 5.15 Å². The van der Waals surface area contributed by atoms with Crippen LogP contribution < -0.4 is 9.64 Å². The molecule has 34 heavy (non-hydrogen) atoms. The quantitative estimate of drug-likeness (QED) is 0.337. The van der Waals surface area contributed by atoms with Crippen LogP contribution in [0.5, 0.6) is 5.88 Å². The summed E-state index contributed by atoms with van der Waals surface area (Å²) in [4.78, 5) is 36.8. The molecular weight excluding hydrogens is 462 g/mol. The van der Waals surface area contributed by atoms with Gasteiger partial charge in [-0.1, -0.05) is 18.5 Å². The first kappa shape index (κ1) is 24.0. The minimum atomic E-state index is -0.587. The zero-order valence-corrected chi connectivity index (χ0v) is 20.0. The van der Waals surface area contributed by atoms with E-state index in [-0.39, 0.29) is 40.9 Å². The number of furan rings is 1. The van der Waals surface area contributed by atoms with Gasteiger partial charge in [-0.05, 0) is 44.4 Å². The largest absolute Gasteiger partial charge is 0.481 e. The summed E-state index contributed by atoms with van der Waals surface area (Å²) in [6.45, 7) is 4.41. The van der Waals surface area contributed by atoms with E-state index < -0.39 is 11.9 Å². The molecule has 9 nitrogen and oxygen atoms in total. The van der Waals surface area contributed by atoms with Gasteiger partial charge in [-0.25, -0.2) is 14.8 Å². The number of methoxy groups -OCH3 is 1. The van der Waals surface area contributed by atoms with Crippen LogP contribution in [0, 0.1) is 0 Å². The van der Waals surface area contributed by atoms with Crippen LogP contribution in [0.25, 0.3) is 11.1 Å². The van der Waals surface area contributed by atoms with Gasteiger partial charge in [0, 0.05) is 30.5 Å². The predicted octanol–water partition coefficient (Wildman–Crippen LogP) is 5.04. The molecule has 0 bridgehead atoms. The lowest BCUT2D eigenvalue weighted by Crippen LogP contribution is -2.46. The number of aromatic nitrogens is 2. The first-order valence-electron chi connectivity index (χ1n) is 11.2. The molecule has 0 aromatic carbocycles. The van der Waals surface area contributed by atoms with E-state index in [2.05, 4.69) is 9.97 Å². The Hall–Kier alpha value is -3.17. The van der Waals surface area contributed by atoms with Gasteiger partial charge in [0.1, 0.15) is 16.4 Å². The van der Waals surface area contributed by atoms with E-state index >= 15 is 0 Å². The molecule has 1 aliphatic heterocycles. The highest BCUT2D eigenvalue weighted by molar-refractivity contribution is 6.30. The Balaban J connectivity index is 1.88. The van der Waals surface area contributed by atoms with Crippen molar-refractivity contribution in [2.45, 2.75) is 45.3 Å². The van der Waals surface area contributed by atoms with Crippen LogP contribution in [0.15, 0.2) is 34.9 Å². The third-order valence-corrected chi connectivity index (χ3v) is 5.97. The predicted molar refractivity (Wildman–Crippen MR) is 126 cm³/mol. The van der Waals surface area contributed by atoms with Crippen molar-refractivity contribution in [3.63, 3.8) is 0 Å². The molecule has 180 valence electrons. The Morgan fingerprint density at radius 2 is 2.06 bits per heavy atom. The third kappa shape index (κ3) is 4.71. The molecule has 10 heteroatoms. The molecule has 4 heterocycles. The lowest BCUT2D eigenvalue weighted by atomic mass is 9.99. The number of anilines is 1. The first-order valence-corrected chi connectivity index (χ1v) is 11.6. The molecule has 4 rings (SSSR count). The SMILES string of the molecule is CCOC(=O)N(c1c(C(=O)c2ccc(OC)nc2)oc2ccc(Cl)nc12)C1CCOC(CC)C1. The van der Waals surface area contributed by atoms with Gasteiger partial charge < -0.3 is 18.6 Å². The van der Waals surface area contributed by atoms with Gasteiger partial charge in [0.25, 0.3) is 0 Å². The molecule has 0 radical (unpaired) electrons. The van der Waals surface area contributed by atoms with Crippen LogP contribution >= 0.6 is 11.6 Å². The summed E-state index contributed by atoms with van der Waals surface area (Å²) in [7, 11) is 1.49. The zero-order chi connectivity index (χ0) is 24.2. The summed E-state index contributed by atoms with van der Waals surface area (Å²) in [5.41, 5.74) is 1.15. The van der Waals surface area contributed by atoms with E-state index in [1.54, 1.807) is 31.2 Å². The van der Waals surface area contributed by atoms with Crippen molar-refractivity contribution in [1.29, 1.82) is 0 Å². The second-order valence-corrected chi connectivity index (χ2v) is 8.21. The molecule has 0 N–H and O–H groups in total. The topological polar surface area (TPSA) is 104 Å². The molecule has 3 aromatic rings. The molecule has 1 saturated heterocycles. The average Bonchev–Trinajstić information content (AvgIpc) is 3.22. The van der Waals surface area contributed by atoms with E-state index in [9.17, 15) is 9.59 Å². The van der Waals surface area contributed by atoms with Crippen molar-refractivity contribution in [2.24, 2.45) is 0 Å². The standard InChI is InChI=1S/C24H26ClN3O6/c1-4-16-12-15(10-11-33-16)28(24(30)32-5-2)21-20-17(7-8-18(25)27-20)34-23(21)22(29)14-6-9-19(31-3)26-13-14/h6-9,13,15-16H,4-5,10-12H2,1-3H3. The van der Waals surface area contributed by atoms with E-state index in [0.29, 0.717) is 36.4 Å². The van der Waals surface area contributed by atoms with E-state index in [1.807, 2.05) is 6.92 Å². The van der Waals surface area contributed by atoms with E-state index in [1.165, 1.54) is 18.2 Å². The molecule has 0 spiro atoms. The van der Waals surface area contributed by atoms with Crippen molar-refractivity contribution >= 4 is 40.3 Å². The lowest BCUT2D eigenvalue weighted by Gasteiger charge is -2.36. The smallest absolute Gasteiger partial charge is 0.414 e. The van der Waals surface area contributed by atoms with E-state index in [4.69, 9.17) is 30.2 Å². The van der Waals surface area contributed by atoms with Gasteiger partial charge in [-0.15, -0.1) is 0 Å². The minimum Gasteiger partial charge on any atom is -0.481 e. The number of nitrogens with zero attached hydrogens (tertiary/aromatic N) is 3. The summed E-state index contributed by atoms with van der Waals surface area (Å²) in [5, 5.41) is 0.210. The van der Waals surface area contributed by atoms with Crippen LogP contribution in [-0.2, 0) is 9.47 Å². The zero-order valence-electron chi connectivity index (χ0n) is 19.2. The number of fused-ring (bicyclic) bond motifs is 1. The Labute approximate surface area is 202 Å². The number of ether oxygens (including phenoxy) is 3. The summed E-state index contributed by atoms with van der Waals surface area (Å²) in [5.74, 6) is -0.118. The molecular formula is C24H26ClN3O6. The lowest BCUT2D eigenvalue weighted by molar-refractivity contribution is 0.00467. The van der Waals surface area contributed by atoms with Crippen LogP contribution in [0.3, 0.4) is 0 Å². The van der Waals surface area contributed by atoms with Crippen LogP contribution in [-0.4, -0.2) is 54.3 Å². The Kier molecular flexibility index (Phi) is 7.33. The number of halogens is 1. The number of rotatable bonds is 7. The maximum absolute atomic E-state index is 13.6. The van der Waals surface area contributed by atoms with Crippen molar-refractivity contribution < 1.29 is 28.2 Å². The Bertz CT molecular complexity index is 1180. The van der Waals surface area contributed by atoms with Gasteiger partial charge in [0.2, 0.25) is 17.4 Å². The second kappa shape index (κ2) is 10.4. The van der Waals surface area contributed by atoms with Gasteiger partial charge in [-0.3, -0.25) is 9.69 Å². The van der Waals surface area contributed by atoms with Gasteiger partial charge in [0.05, 0.1) is 19.8 Å². The van der Waals surface area contributed by atoms with Gasteiger partial charge in [-0.2, -0.15) is 0 Å². The molecule has 1 aliphatic rings. The second-order valence-electron chi connectivity index (χ2n) is 7.83. The van der Waals surface area contributed by atoms with Crippen molar-refractivity contribution in [3.05, 3.63) is 46.9 Å². The third-order valence-electron chi connectivity index (χ3n) is 5.76. The highest BCUT2D eigenvalue weighted by atomic mass is 35.5. The Morgan fingerprint density at radius 1 is 1.24 bits per heavy atom. The highest BCUT2D eigenvalue weighted by Gasteiger charge is 2.38.